The summed E-state index contributed by atoms with van der Waals surface area (Å²) in [6.45, 7) is 2.07. The molecule has 0 spiro atoms. The van der Waals surface area contributed by atoms with E-state index in [9.17, 15) is 5.26 Å². The molecule has 0 amide bonds. The molecular formula is C26H28N8. The molecule has 0 atom stereocenters. The van der Waals surface area contributed by atoms with Gasteiger partial charge in [0.15, 0.2) is 0 Å². The highest BCUT2D eigenvalue weighted by Crippen LogP contribution is 2.31. The average molecular weight is 453 g/mol. The highest BCUT2D eigenvalue weighted by atomic mass is 15.3. The molecule has 0 bridgehead atoms. The van der Waals surface area contributed by atoms with E-state index in [4.69, 9.17) is 15.1 Å². The van der Waals surface area contributed by atoms with Gasteiger partial charge in [-0.25, -0.2) is 4.98 Å². The predicted octanol–water partition coefficient (Wildman–Crippen LogP) is 4.43. The normalized spacial score (nSPS) is 17.3. The van der Waals surface area contributed by atoms with Gasteiger partial charge in [0.05, 0.1) is 29.4 Å². The van der Waals surface area contributed by atoms with Gasteiger partial charge in [0.1, 0.15) is 5.82 Å². The second kappa shape index (κ2) is 8.92. The number of hydrogen-bond donors (Lipinski definition) is 2. The minimum atomic E-state index is 0.431. The standard InChI is InChI=1S/C26H28N8/c27-14-18-5-6-24-19(13-18)9-12-33(24)26-29-16-23(25(32-26)31-21-3-1-2-4-21)20-15-30-34(17-20)22-7-10-28-11-8-22/h5-6,9,12-13,15-17,21-22,28H,1-4,7-8,10-11H2,(H,29,31,32). The molecule has 1 aromatic carbocycles. The van der Waals surface area contributed by atoms with Gasteiger partial charge >= 0.3 is 0 Å². The maximum atomic E-state index is 9.22. The largest absolute Gasteiger partial charge is 0.367 e. The molecule has 8 heteroatoms. The number of anilines is 1. The van der Waals surface area contributed by atoms with Crippen LogP contribution in [0, 0.1) is 11.3 Å². The van der Waals surface area contributed by atoms with Crippen LogP contribution >= 0.6 is 0 Å². The molecule has 2 fully saturated rings. The molecule has 8 nitrogen and oxygen atoms in total. The van der Waals surface area contributed by atoms with Crippen LogP contribution in [-0.4, -0.2) is 43.4 Å². The zero-order valence-corrected chi connectivity index (χ0v) is 19.1. The van der Waals surface area contributed by atoms with Crippen LogP contribution in [0.5, 0.6) is 0 Å². The number of benzene rings is 1. The van der Waals surface area contributed by atoms with E-state index >= 15 is 0 Å². The van der Waals surface area contributed by atoms with E-state index in [2.05, 4.69) is 27.6 Å². The molecule has 34 heavy (non-hydrogen) atoms. The molecule has 1 aliphatic heterocycles. The number of rotatable bonds is 5. The number of hydrogen-bond acceptors (Lipinski definition) is 6. The van der Waals surface area contributed by atoms with Crippen LogP contribution in [0.2, 0.25) is 0 Å². The first-order valence-corrected chi connectivity index (χ1v) is 12.2. The van der Waals surface area contributed by atoms with Gasteiger partial charge in [-0.2, -0.15) is 15.3 Å². The molecule has 1 saturated heterocycles. The van der Waals surface area contributed by atoms with Crippen LogP contribution in [0.1, 0.15) is 50.1 Å². The first-order chi connectivity index (χ1) is 16.8. The summed E-state index contributed by atoms with van der Waals surface area (Å²) in [7, 11) is 0. The first kappa shape index (κ1) is 20.9. The third-order valence-electron chi connectivity index (χ3n) is 7.10. The van der Waals surface area contributed by atoms with Gasteiger partial charge in [-0.05, 0) is 63.0 Å². The van der Waals surface area contributed by atoms with Crippen molar-refractivity contribution in [2.24, 2.45) is 0 Å². The fraction of sp³-hybridized carbons (Fsp3) is 0.385. The van der Waals surface area contributed by atoms with Gasteiger partial charge < -0.3 is 10.6 Å². The number of fused-ring (bicyclic) bond motifs is 1. The smallest absolute Gasteiger partial charge is 0.236 e. The van der Waals surface area contributed by atoms with Crippen molar-refractivity contribution in [2.75, 3.05) is 18.4 Å². The summed E-state index contributed by atoms with van der Waals surface area (Å²) < 4.78 is 4.09. The Balaban J connectivity index is 1.38. The summed E-state index contributed by atoms with van der Waals surface area (Å²) in [5.74, 6) is 1.48. The van der Waals surface area contributed by atoms with Crippen molar-refractivity contribution >= 4 is 16.7 Å². The van der Waals surface area contributed by atoms with Gasteiger partial charge in [0.25, 0.3) is 0 Å². The molecule has 3 aromatic heterocycles. The summed E-state index contributed by atoms with van der Waals surface area (Å²) in [5.41, 5.74) is 3.66. The van der Waals surface area contributed by atoms with Crippen LogP contribution in [0.25, 0.3) is 28.0 Å². The van der Waals surface area contributed by atoms with Gasteiger partial charge in [0, 0.05) is 41.1 Å². The van der Waals surface area contributed by atoms with E-state index in [0.717, 1.165) is 66.6 Å². The summed E-state index contributed by atoms with van der Waals surface area (Å²) in [4.78, 5) is 9.75. The van der Waals surface area contributed by atoms with E-state index < -0.39 is 0 Å². The van der Waals surface area contributed by atoms with E-state index in [0.29, 0.717) is 23.6 Å². The van der Waals surface area contributed by atoms with Crippen LogP contribution in [0.4, 0.5) is 5.82 Å². The molecule has 4 heterocycles. The molecule has 1 aliphatic carbocycles. The molecule has 1 saturated carbocycles. The monoisotopic (exact) mass is 452 g/mol. The SMILES string of the molecule is N#Cc1ccc2c(ccn2-c2ncc(-c3cnn(C4CCNCC4)c3)c(NC3CCCC3)n2)c1. The number of nitrogens with zero attached hydrogens (tertiary/aromatic N) is 6. The van der Waals surface area contributed by atoms with Gasteiger partial charge in [-0.1, -0.05) is 12.8 Å². The quantitative estimate of drug-likeness (QED) is 0.465. The van der Waals surface area contributed by atoms with Gasteiger partial charge in [0.2, 0.25) is 5.95 Å². The number of piperidine rings is 1. The van der Waals surface area contributed by atoms with E-state index in [1.807, 2.05) is 47.4 Å². The maximum Gasteiger partial charge on any atom is 0.236 e. The Hall–Kier alpha value is -3.70. The fourth-order valence-electron chi connectivity index (χ4n) is 5.21. The zero-order chi connectivity index (χ0) is 22.9. The summed E-state index contributed by atoms with van der Waals surface area (Å²) >= 11 is 0. The lowest BCUT2D eigenvalue weighted by Crippen LogP contribution is -2.29. The van der Waals surface area contributed by atoms with Crippen molar-refractivity contribution in [1.82, 2.24) is 29.6 Å². The average Bonchev–Trinajstić information content (AvgIpc) is 3.65. The Morgan fingerprint density at radius 1 is 1.06 bits per heavy atom. The molecule has 0 unspecified atom stereocenters. The van der Waals surface area contributed by atoms with Crippen LogP contribution < -0.4 is 10.6 Å². The Labute approximate surface area is 198 Å². The Morgan fingerprint density at radius 2 is 1.91 bits per heavy atom. The minimum Gasteiger partial charge on any atom is -0.367 e. The van der Waals surface area contributed by atoms with E-state index in [1.165, 1.54) is 12.8 Å². The van der Waals surface area contributed by atoms with Crippen molar-refractivity contribution in [3.05, 3.63) is 54.6 Å². The minimum absolute atomic E-state index is 0.431. The molecule has 2 aliphatic rings. The second-order valence-electron chi connectivity index (χ2n) is 9.32. The highest BCUT2D eigenvalue weighted by molar-refractivity contribution is 5.83. The summed E-state index contributed by atoms with van der Waals surface area (Å²) in [6.07, 6.45) is 15.0. The molecular weight excluding hydrogens is 424 g/mol. The van der Waals surface area contributed by atoms with Crippen molar-refractivity contribution < 1.29 is 0 Å². The van der Waals surface area contributed by atoms with Crippen molar-refractivity contribution in [1.29, 1.82) is 5.26 Å². The van der Waals surface area contributed by atoms with Gasteiger partial charge in [-0.15, -0.1) is 0 Å². The third-order valence-corrected chi connectivity index (χ3v) is 7.10. The molecule has 2 N–H and O–H groups in total. The Bertz CT molecular complexity index is 1350. The van der Waals surface area contributed by atoms with Crippen LogP contribution in [0.15, 0.2) is 49.1 Å². The zero-order valence-electron chi connectivity index (χ0n) is 19.1. The fourth-order valence-corrected chi connectivity index (χ4v) is 5.21. The molecule has 6 rings (SSSR count). The van der Waals surface area contributed by atoms with Crippen LogP contribution in [-0.2, 0) is 0 Å². The van der Waals surface area contributed by atoms with E-state index in [1.54, 1.807) is 0 Å². The number of nitriles is 1. The molecule has 4 aromatic rings. The second-order valence-corrected chi connectivity index (χ2v) is 9.32. The summed E-state index contributed by atoms with van der Waals surface area (Å²) in [5, 5.41) is 22.0. The van der Waals surface area contributed by atoms with E-state index in [-0.39, 0.29) is 0 Å². The molecule has 172 valence electrons. The lowest BCUT2D eigenvalue weighted by molar-refractivity contribution is 0.343. The van der Waals surface area contributed by atoms with Crippen LogP contribution in [0.3, 0.4) is 0 Å². The first-order valence-electron chi connectivity index (χ1n) is 12.2. The number of aromatic nitrogens is 5. The topological polar surface area (TPSA) is 96.4 Å². The Kier molecular flexibility index (Phi) is 5.47. The summed E-state index contributed by atoms with van der Waals surface area (Å²) in [6, 6.07) is 10.8. The van der Waals surface area contributed by atoms with Crippen molar-refractivity contribution in [3.8, 4) is 23.1 Å². The maximum absolute atomic E-state index is 9.22. The predicted molar refractivity (Wildman–Crippen MR) is 132 cm³/mol. The van der Waals surface area contributed by atoms with Gasteiger partial charge in [-0.3, -0.25) is 9.25 Å². The highest BCUT2D eigenvalue weighted by Gasteiger charge is 2.21. The number of nitrogens with one attached hydrogen (secondary N) is 2. The lowest BCUT2D eigenvalue weighted by atomic mass is 10.1. The van der Waals surface area contributed by atoms with Crippen molar-refractivity contribution in [3.63, 3.8) is 0 Å². The van der Waals surface area contributed by atoms with Crippen molar-refractivity contribution in [2.45, 2.75) is 50.6 Å². The molecule has 0 radical (unpaired) electrons. The Morgan fingerprint density at radius 3 is 2.74 bits per heavy atom. The lowest BCUT2D eigenvalue weighted by Gasteiger charge is -2.22. The third kappa shape index (κ3) is 3.93.